The van der Waals surface area contributed by atoms with Crippen LogP contribution in [-0.4, -0.2) is 26.2 Å². The number of ether oxygens (including phenoxy) is 1. The summed E-state index contributed by atoms with van der Waals surface area (Å²) in [6, 6.07) is 7.76. The summed E-state index contributed by atoms with van der Waals surface area (Å²) in [6.45, 7) is 1.51. The number of nitrogens with one attached hydrogen (secondary N) is 1. The number of rotatable bonds is 6. The molecule has 0 aromatic heterocycles. The van der Waals surface area contributed by atoms with Crippen LogP contribution in [0.1, 0.15) is 24.0 Å². The molecule has 19 heavy (non-hydrogen) atoms. The zero-order valence-corrected chi connectivity index (χ0v) is 11.2. The molecule has 0 bridgehead atoms. The van der Waals surface area contributed by atoms with Crippen molar-refractivity contribution in [2.24, 2.45) is 5.73 Å². The van der Waals surface area contributed by atoms with Crippen LogP contribution >= 0.6 is 0 Å². The van der Waals surface area contributed by atoms with Gasteiger partial charge in [0.15, 0.2) is 0 Å². The third-order valence-corrected chi connectivity index (χ3v) is 2.53. The second kappa shape index (κ2) is 9.15. The van der Waals surface area contributed by atoms with Gasteiger partial charge >= 0.3 is 0 Å². The minimum atomic E-state index is 0.0454. The molecular weight excluding hydrogens is 240 g/mol. The molecule has 1 aromatic carbocycles. The van der Waals surface area contributed by atoms with Gasteiger partial charge < -0.3 is 15.8 Å². The fourth-order valence-corrected chi connectivity index (χ4v) is 1.53. The van der Waals surface area contributed by atoms with Gasteiger partial charge in [0.2, 0.25) is 5.91 Å². The van der Waals surface area contributed by atoms with E-state index in [1.54, 1.807) is 7.11 Å². The average Bonchev–Trinajstić information content (AvgIpc) is 2.44. The molecule has 1 amide bonds. The standard InChI is InChI=1S/C15H20N2O2/c1-19-11-3-5-15(18)17-12-14-8-6-13(7-9-14)4-2-10-16/h6-9H,3,5,10-12,16H2,1H3,(H,17,18). The van der Waals surface area contributed by atoms with Crippen LogP contribution in [0.2, 0.25) is 0 Å². The Kier molecular flexibility index (Phi) is 7.33. The van der Waals surface area contributed by atoms with Crippen LogP contribution < -0.4 is 11.1 Å². The van der Waals surface area contributed by atoms with Crippen molar-refractivity contribution in [1.82, 2.24) is 5.32 Å². The second-order valence-electron chi connectivity index (χ2n) is 4.08. The zero-order valence-electron chi connectivity index (χ0n) is 11.2. The molecule has 0 heterocycles. The number of hydrogen-bond acceptors (Lipinski definition) is 3. The van der Waals surface area contributed by atoms with Gasteiger partial charge in [-0.2, -0.15) is 0 Å². The number of carbonyl (C=O) groups excluding carboxylic acids is 1. The van der Waals surface area contributed by atoms with Crippen LogP contribution in [0.25, 0.3) is 0 Å². The van der Waals surface area contributed by atoms with Crippen molar-refractivity contribution in [2.45, 2.75) is 19.4 Å². The zero-order chi connectivity index (χ0) is 13.9. The summed E-state index contributed by atoms with van der Waals surface area (Å²) in [5.41, 5.74) is 7.29. The van der Waals surface area contributed by atoms with Crippen molar-refractivity contribution in [2.75, 3.05) is 20.3 Å². The molecule has 0 aliphatic carbocycles. The highest BCUT2D eigenvalue weighted by molar-refractivity contribution is 5.75. The van der Waals surface area contributed by atoms with Crippen LogP contribution in [0.3, 0.4) is 0 Å². The SMILES string of the molecule is COCCCC(=O)NCc1ccc(C#CCN)cc1. The van der Waals surface area contributed by atoms with Crippen molar-refractivity contribution < 1.29 is 9.53 Å². The minimum Gasteiger partial charge on any atom is -0.385 e. The van der Waals surface area contributed by atoms with Crippen molar-refractivity contribution in [3.63, 3.8) is 0 Å². The summed E-state index contributed by atoms with van der Waals surface area (Å²) >= 11 is 0. The van der Waals surface area contributed by atoms with Crippen molar-refractivity contribution in [1.29, 1.82) is 0 Å². The highest BCUT2D eigenvalue weighted by Gasteiger charge is 2.00. The lowest BCUT2D eigenvalue weighted by atomic mass is 10.1. The number of carbonyl (C=O) groups is 1. The molecule has 0 atom stereocenters. The van der Waals surface area contributed by atoms with Gasteiger partial charge in [-0.25, -0.2) is 0 Å². The van der Waals surface area contributed by atoms with Crippen LogP contribution in [0.4, 0.5) is 0 Å². The Labute approximate surface area is 114 Å². The molecule has 4 nitrogen and oxygen atoms in total. The summed E-state index contributed by atoms with van der Waals surface area (Å²) in [4.78, 5) is 11.5. The largest absolute Gasteiger partial charge is 0.385 e. The summed E-state index contributed by atoms with van der Waals surface area (Å²) in [5.74, 6) is 5.80. The van der Waals surface area contributed by atoms with E-state index in [1.165, 1.54) is 0 Å². The molecule has 1 aromatic rings. The monoisotopic (exact) mass is 260 g/mol. The topological polar surface area (TPSA) is 64.3 Å². The van der Waals surface area contributed by atoms with Crippen LogP contribution in [0.15, 0.2) is 24.3 Å². The molecule has 4 heteroatoms. The Morgan fingerprint density at radius 3 is 2.74 bits per heavy atom. The van der Waals surface area contributed by atoms with Gasteiger partial charge in [-0.3, -0.25) is 4.79 Å². The third-order valence-electron chi connectivity index (χ3n) is 2.53. The predicted octanol–water partition coefficient (Wildman–Crippen LogP) is 1.04. The molecule has 0 radical (unpaired) electrons. The molecule has 102 valence electrons. The second-order valence-corrected chi connectivity index (χ2v) is 4.08. The fourth-order valence-electron chi connectivity index (χ4n) is 1.53. The maximum absolute atomic E-state index is 11.5. The molecule has 0 saturated heterocycles. The summed E-state index contributed by atoms with van der Waals surface area (Å²) in [5, 5.41) is 2.87. The molecule has 1 rings (SSSR count). The summed E-state index contributed by atoms with van der Waals surface area (Å²) < 4.78 is 4.90. The average molecular weight is 260 g/mol. The van der Waals surface area contributed by atoms with Gasteiger partial charge in [0.25, 0.3) is 0 Å². The van der Waals surface area contributed by atoms with Crippen LogP contribution in [-0.2, 0) is 16.1 Å². The molecule has 0 saturated carbocycles. The van der Waals surface area contributed by atoms with Crippen LogP contribution in [0.5, 0.6) is 0 Å². The van der Waals surface area contributed by atoms with E-state index >= 15 is 0 Å². The van der Waals surface area contributed by atoms with E-state index in [-0.39, 0.29) is 5.91 Å². The van der Waals surface area contributed by atoms with E-state index in [0.717, 1.165) is 17.5 Å². The van der Waals surface area contributed by atoms with Gasteiger partial charge in [-0.1, -0.05) is 24.0 Å². The number of benzene rings is 1. The first-order valence-corrected chi connectivity index (χ1v) is 6.29. The number of methoxy groups -OCH3 is 1. The van der Waals surface area contributed by atoms with E-state index in [4.69, 9.17) is 10.5 Å². The Bertz CT molecular complexity index is 443. The first kappa shape index (κ1) is 15.2. The van der Waals surface area contributed by atoms with E-state index in [0.29, 0.717) is 26.1 Å². The van der Waals surface area contributed by atoms with E-state index in [9.17, 15) is 4.79 Å². The third kappa shape index (κ3) is 6.61. The van der Waals surface area contributed by atoms with Crippen molar-refractivity contribution >= 4 is 5.91 Å². The number of nitrogens with two attached hydrogens (primary N) is 1. The summed E-state index contributed by atoms with van der Waals surface area (Å²) in [7, 11) is 1.63. The molecule has 0 unspecified atom stereocenters. The first-order chi connectivity index (χ1) is 9.26. The molecule has 0 aliphatic rings. The Morgan fingerprint density at radius 2 is 2.11 bits per heavy atom. The van der Waals surface area contributed by atoms with Gasteiger partial charge in [0, 0.05) is 32.2 Å². The maximum Gasteiger partial charge on any atom is 0.220 e. The van der Waals surface area contributed by atoms with Gasteiger partial charge in [-0.05, 0) is 24.1 Å². The molecule has 0 fully saturated rings. The Hall–Kier alpha value is -1.83. The maximum atomic E-state index is 11.5. The Morgan fingerprint density at radius 1 is 1.37 bits per heavy atom. The highest BCUT2D eigenvalue weighted by atomic mass is 16.5. The molecular formula is C15H20N2O2. The van der Waals surface area contributed by atoms with Crippen molar-refractivity contribution in [3.05, 3.63) is 35.4 Å². The summed E-state index contributed by atoms with van der Waals surface area (Å²) in [6.07, 6.45) is 1.24. The van der Waals surface area contributed by atoms with Gasteiger partial charge in [-0.15, -0.1) is 0 Å². The lowest BCUT2D eigenvalue weighted by molar-refractivity contribution is -0.121. The molecule has 0 aliphatic heterocycles. The highest BCUT2D eigenvalue weighted by Crippen LogP contribution is 2.03. The quantitative estimate of drug-likeness (QED) is 0.593. The first-order valence-electron chi connectivity index (χ1n) is 6.29. The van der Waals surface area contributed by atoms with E-state index in [1.807, 2.05) is 24.3 Å². The number of amides is 1. The lowest BCUT2D eigenvalue weighted by Crippen LogP contribution is -2.22. The number of hydrogen-bond donors (Lipinski definition) is 2. The lowest BCUT2D eigenvalue weighted by Gasteiger charge is -2.05. The van der Waals surface area contributed by atoms with E-state index in [2.05, 4.69) is 17.2 Å². The molecule has 3 N–H and O–H groups in total. The van der Waals surface area contributed by atoms with Crippen LogP contribution in [0, 0.1) is 11.8 Å². The van der Waals surface area contributed by atoms with E-state index < -0.39 is 0 Å². The fraction of sp³-hybridized carbons (Fsp3) is 0.400. The van der Waals surface area contributed by atoms with Gasteiger partial charge in [0.1, 0.15) is 0 Å². The molecule has 0 spiro atoms. The predicted molar refractivity (Wildman–Crippen MR) is 75.3 cm³/mol. The minimum absolute atomic E-state index is 0.0454. The Balaban J connectivity index is 2.35. The van der Waals surface area contributed by atoms with Crippen molar-refractivity contribution in [3.8, 4) is 11.8 Å². The smallest absolute Gasteiger partial charge is 0.220 e. The normalized spacial score (nSPS) is 9.58. The van der Waals surface area contributed by atoms with Gasteiger partial charge in [0.05, 0.1) is 6.54 Å².